The summed E-state index contributed by atoms with van der Waals surface area (Å²) in [5, 5.41) is 10.9. The number of benzene rings is 4. The topological polar surface area (TPSA) is 242 Å². The molecule has 340 valence electrons. The van der Waals surface area contributed by atoms with E-state index in [9.17, 15) is 62.4 Å². The van der Waals surface area contributed by atoms with Gasteiger partial charge in [-0.05, 0) is 86.3 Å². The van der Waals surface area contributed by atoms with E-state index in [1.165, 1.54) is 48.5 Å². The molecule has 5 N–H and O–H groups in total. The van der Waals surface area contributed by atoms with E-state index in [1.54, 1.807) is 31.2 Å². The van der Waals surface area contributed by atoms with Crippen LogP contribution in [0.25, 0.3) is 0 Å². The van der Waals surface area contributed by atoms with E-state index in [-0.39, 0.29) is 29.1 Å². The van der Waals surface area contributed by atoms with Gasteiger partial charge in [-0.1, -0.05) is 54.4 Å². The van der Waals surface area contributed by atoms with Crippen LogP contribution >= 0.6 is 23.2 Å². The Morgan fingerprint density at radius 1 is 0.571 bits per heavy atom. The van der Waals surface area contributed by atoms with Crippen LogP contribution in [-0.2, 0) is 39.4 Å². The number of amides is 3. The van der Waals surface area contributed by atoms with Gasteiger partial charge in [0.1, 0.15) is 11.5 Å². The third kappa shape index (κ3) is 16.6. The molecule has 4 rings (SSSR count). The number of alkyl halides is 6. The van der Waals surface area contributed by atoms with Crippen LogP contribution in [-0.4, -0.2) is 75.9 Å². The standard InChI is InChI=1S/C18H15ClF3N3O5S.C17H12ClF3N2O5S.C2H7N/c1-2-23-16(26)17(27)25-24-15(11-3-7-13(19)8-4-11)12-5-9-14(10-6-12)30-31(28,29)18(20,21)22;1-10(24)16(25)23-22-15(11-2-6-13(18)7-3-11)12-4-8-14(9-5-12)28-29(26,27)17(19,20)21;1-2-3/h3-10H,2H2,1H3,(H,23,26)(H,25,27);2-9H,1H3,(H,23,25);2-3H2,1H3/b24-15-;22-15-;. The van der Waals surface area contributed by atoms with Crippen LogP contribution in [0.3, 0.4) is 0 Å². The fraction of sp³-hybridized carbons (Fsp3) is 0.189. The minimum Gasteiger partial charge on any atom is -0.376 e. The fourth-order valence-corrected chi connectivity index (χ4v) is 5.25. The van der Waals surface area contributed by atoms with Crippen molar-refractivity contribution in [3.05, 3.63) is 129 Å². The highest BCUT2D eigenvalue weighted by Gasteiger charge is 2.49. The number of likely N-dealkylation sites (N-methyl/N-ethyl adjacent to an activating group) is 1. The van der Waals surface area contributed by atoms with E-state index in [0.29, 0.717) is 21.2 Å². The number of nitrogens with zero attached hydrogens (tertiary/aromatic N) is 2. The lowest BCUT2D eigenvalue weighted by Gasteiger charge is -2.11. The molecule has 0 fully saturated rings. The summed E-state index contributed by atoms with van der Waals surface area (Å²) in [5.41, 5.74) is -0.446. The second-order valence-electron chi connectivity index (χ2n) is 11.7. The molecular weight excluding hydrogens is 937 g/mol. The number of carbonyl (C=O) groups is 4. The number of nitrogens with two attached hydrogens (primary N) is 1. The third-order valence-corrected chi connectivity index (χ3v) is 9.33. The molecule has 0 aliphatic carbocycles. The fourth-order valence-electron chi connectivity index (χ4n) is 4.08. The molecule has 0 aliphatic rings. The molecule has 4 aromatic carbocycles. The molecule has 0 unspecified atom stereocenters. The maximum atomic E-state index is 12.5. The monoisotopic (exact) mass is 970 g/mol. The van der Waals surface area contributed by atoms with Gasteiger partial charge < -0.3 is 19.4 Å². The van der Waals surface area contributed by atoms with Crippen molar-refractivity contribution in [2.45, 2.75) is 31.8 Å². The highest BCUT2D eigenvalue weighted by atomic mass is 35.5. The van der Waals surface area contributed by atoms with Crippen molar-refractivity contribution in [3.63, 3.8) is 0 Å². The molecule has 0 saturated carbocycles. The summed E-state index contributed by atoms with van der Waals surface area (Å²) in [6, 6.07) is 21.2. The van der Waals surface area contributed by atoms with Gasteiger partial charge in [0.05, 0.1) is 11.4 Å². The molecule has 63 heavy (non-hydrogen) atoms. The summed E-state index contributed by atoms with van der Waals surface area (Å²) in [7, 11) is -11.6. The van der Waals surface area contributed by atoms with Gasteiger partial charge >= 0.3 is 49.0 Å². The minimum atomic E-state index is -5.82. The van der Waals surface area contributed by atoms with Crippen molar-refractivity contribution in [1.29, 1.82) is 0 Å². The Labute approximate surface area is 365 Å². The minimum absolute atomic E-state index is 0.125. The lowest BCUT2D eigenvalue weighted by Crippen LogP contribution is -2.38. The first kappa shape index (κ1) is 53.1. The van der Waals surface area contributed by atoms with Gasteiger partial charge in [-0.3, -0.25) is 19.2 Å². The van der Waals surface area contributed by atoms with E-state index >= 15 is 0 Å². The lowest BCUT2D eigenvalue weighted by molar-refractivity contribution is -0.139. The maximum absolute atomic E-state index is 12.5. The highest BCUT2D eigenvalue weighted by Crippen LogP contribution is 2.29. The summed E-state index contributed by atoms with van der Waals surface area (Å²) >= 11 is 11.7. The van der Waals surface area contributed by atoms with Crippen molar-refractivity contribution >= 4 is 78.4 Å². The van der Waals surface area contributed by atoms with Crippen molar-refractivity contribution in [2.75, 3.05) is 13.1 Å². The molecule has 0 saturated heterocycles. The highest BCUT2D eigenvalue weighted by molar-refractivity contribution is 7.88. The molecule has 0 heterocycles. The first-order valence-corrected chi connectivity index (χ1v) is 20.8. The molecule has 26 heteroatoms. The number of Topliss-reactive ketones (excluding diaryl/α,β-unsaturated/α-hetero) is 1. The van der Waals surface area contributed by atoms with E-state index in [4.69, 9.17) is 28.9 Å². The van der Waals surface area contributed by atoms with Gasteiger partial charge in [0, 0.05) is 45.8 Å². The normalized spacial score (nSPS) is 12.0. The smallest absolute Gasteiger partial charge is 0.376 e. The Morgan fingerprint density at radius 2 is 0.857 bits per heavy atom. The van der Waals surface area contributed by atoms with Crippen LogP contribution in [0, 0.1) is 0 Å². The van der Waals surface area contributed by atoms with Crippen LogP contribution in [0.4, 0.5) is 26.3 Å². The zero-order valence-electron chi connectivity index (χ0n) is 32.5. The average Bonchev–Trinajstić information content (AvgIpc) is 3.20. The Morgan fingerprint density at radius 3 is 1.13 bits per heavy atom. The molecule has 0 bridgehead atoms. The van der Waals surface area contributed by atoms with Gasteiger partial charge in [0.2, 0.25) is 5.78 Å². The predicted molar refractivity (Wildman–Crippen MR) is 219 cm³/mol. The number of carbonyl (C=O) groups excluding carboxylic acids is 4. The zero-order chi connectivity index (χ0) is 47.8. The molecule has 0 aromatic heterocycles. The molecule has 0 radical (unpaired) electrons. The molecule has 3 amide bonds. The molecule has 0 spiro atoms. The van der Waals surface area contributed by atoms with Crippen LogP contribution in [0.5, 0.6) is 11.5 Å². The van der Waals surface area contributed by atoms with E-state index < -0.39 is 66.3 Å². The molecule has 4 aromatic rings. The Bertz CT molecular complexity index is 2510. The zero-order valence-corrected chi connectivity index (χ0v) is 35.7. The average molecular weight is 972 g/mol. The molecule has 16 nitrogen and oxygen atoms in total. The quantitative estimate of drug-likeness (QED) is 0.0342. The van der Waals surface area contributed by atoms with Crippen molar-refractivity contribution < 1.29 is 70.7 Å². The Hall–Kier alpha value is -6.08. The van der Waals surface area contributed by atoms with Crippen molar-refractivity contribution in [2.24, 2.45) is 15.9 Å². The van der Waals surface area contributed by atoms with Crippen LogP contribution < -0.4 is 30.3 Å². The first-order valence-electron chi connectivity index (χ1n) is 17.3. The number of hydrogen-bond donors (Lipinski definition) is 4. The van der Waals surface area contributed by atoms with Gasteiger partial charge in [-0.15, -0.1) is 0 Å². The number of nitrogens with one attached hydrogen (secondary N) is 3. The van der Waals surface area contributed by atoms with Crippen LogP contribution in [0.2, 0.25) is 10.0 Å². The number of rotatable bonds is 12. The third-order valence-electron chi connectivity index (χ3n) is 6.87. The maximum Gasteiger partial charge on any atom is 0.534 e. The second-order valence-corrected chi connectivity index (χ2v) is 15.6. The van der Waals surface area contributed by atoms with E-state index in [2.05, 4.69) is 34.7 Å². The summed E-state index contributed by atoms with van der Waals surface area (Å²) in [4.78, 5) is 45.9. The largest absolute Gasteiger partial charge is 0.534 e. The summed E-state index contributed by atoms with van der Waals surface area (Å²) < 4.78 is 127. The number of hydrogen-bond acceptors (Lipinski definition) is 13. The van der Waals surface area contributed by atoms with Gasteiger partial charge in [-0.25, -0.2) is 10.9 Å². The second kappa shape index (κ2) is 23.4. The number of hydrazone groups is 2. The Balaban J connectivity index is 0.000000409. The number of ketones is 1. The van der Waals surface area contributed by atoms with Gasteiger partial charge in [-0.2, -0.15) is 53.4 Å². The summed E-state index contributed by atoms with van der Waals surface area (Å²) in [6.07, 6.45) is 0. The van der Waals surface area contributed by atoms with Crippen molar-refractivity contribution in [3.8, 4) is 11.5 Å². The van der Waals surface area contributed by atoms with Crippen LogP contribution in [0.15, 0.2) is 107 Å². The molecule has 0 atom stereocenters. The SMILES string of the molecule is CC(=O)C(=O)N/N=C(/c1ccc(Cl)cc1)c1ccc(OS(=O)(=O)C(F)(F)F)cc1.CCN.CCNC(=O)C(=O)N/N=C(/c1ccc(Cl)cc1)c1ccc(OS(=O)(=O)C(F)(F)F)cc1. The number of halogens is 8. The molecule has 0 aliphatic heterocycles. The summed E-state index contributed by atoms with van der Waals surface area (Å²) in [6.45, 7) is 5.54. The first-order chi connectivity index (χ1) is 29.3. The lowest BCUT2D eigenvalue weighted by atomic mass is 10.0. The van der Waals surface area contributed by atoms with Gasteiger partial charge in [0.15, 0.2) is 0 Å². The van der Waals surface area contributed by atoms with Crippen LogP contribution in [0.1, 0.15) is 43.0 Å². The van der Waals surface area contributed by atoms with Crippen molar-refractivity contribution in [1.82, 2.24) is 16.2 Å². The van der Waals surface area contributed by atoms with Gasteiger partial charge in [0.25, 0.3) is 0 Å². The molecular formula is C37H34Cl2F6N6O10S2. The van der Waals surface area contributed by atoms with E-state index in [1.807, 2.05) is 6.92 Å². The summed E-state index contributed by atoms with van der Waals surface area (Å²) in [5.74, 6) is -4.87. The Kier molecular flexibility index (Phi) is 19.7. The predicted octanol–water partition coefficient (Wildman–Crippen LogP) is 5.56. The van der Waals surface area contributed by atoms with E-state index in [0.717, 1.165) is 37.7 Å².